The fourth-order valence-corrected chi connectivity index (χ4v) is 5.32. The average Bonchev–Trinajstić information content (AvgIpc) is 3.24. The van der Waals surface area contributed by atoms with Gasteiger partial charge in [0.25, 0.3) is 0 Å². The highest BCUT2D eigenvalue weighted by Crippen LogP contribution is 2.37. The summed E-state index contributed by atoms with van der Waals surface area (Å²) in [6.45, 7) is 9.55. The number of ether oxygens (including phenoxy) is 3. The minimum absolute atomic E-state index is 0.514. The van der Waals surface area contributed by atoms with E-state index in [1.54, 1.807) is 12.0 Å². The van der Waals surface area contributed by atoms with Crippen LogP contribution in [0.25, 0.3) is 0 Å². The van der Waals surface area contributed by atoms with E-state index in [0.29, 0.717) is 12.6 Å². The monoisotopic (exact) mass is 416 g/mol. The third-order valence-corrected chi connectivity index (χ3v) is 6.97. The summed E-state index contributed by atoms with van der Waals surface area (Å²) in [5.74, 6) is 1.65. The first-order chi connectivity index (χ1) is 14.3. The summed E-state index contributed by atoms with van der Waals surface area (Å²) in [5.41, 5.74) is 2.80. The first-order valence-electron chi connectivity index (χ1n) is 10.7. The Kier molecular flexibility index (Phi) is 7.08. The summed E-state index contributed by atoms with van der Waals surface area (Å²) < 4.78 is 17.1. The van der Waals surface area contributed by atoms with Crippen LogP contribution in [0.4, 0.5) is 0 Å². The predicted molar refractivity (Wildman–Crippen MR) is 117 cm³/mol. The maximum atomic E-state index is 6.03. The van der Waals surface area contributed by atoms with E-state index in [9.17, 15) is 0 Å². The third kappa shape index (κ3) is 4.94. The largest absolute Gasteiger partial charge is 0.493 e. The molecule has 4 rings (SSSR count). The topological polar surface area (TPSA) is 34.2 Å². The van der Waals surface area contributed by atoms with Crippen molar-refractivity contribution in [1.82, 2.24) is 9.80 Å². The highest BCUT2D eigenvalue weighted by molar-refractivity contribution is 7.10. The van der Waals surface area contributed by atoms with Gasteiger partial charge in [-0.15, -0.1) is 11.3 Å². The fourth-order valence-electron chi connectivity index (χ4n) is 4.39. The lowest BCUT2D eigenvalue weighted by molar-refractivity contribution is 0.0321. The van der Waals surface area contributed by atoms with Crippen molar-refractivity contribution in [3.05, 3.63) is 45.6 Å². The zero-order valence-electron chi connectivity index (χ0n) is 17.6. The molecule has 0 spiro atoms. The molecule has 29 heavy (non-hydrogen) atoms. The second-order valence-electron chi connectivity index (χ2n) is 7.73. The van der Waals surface area contributed by atoms with Crippen molar-refractivity contribution in [2.45, 2.75) is 32.4 Å². The molecule has 0 bridgehead atoms. The number of rotatable bonds is 8. The van der Waals surface area contributed by atoms with Gasteiger partial charge in [-0.1, -0.05) is 13.0 Å². The number of hydrogen-bond acceptors (Lipinski definition) is 6. The minimum Gasteiger partial charge on any atom is -0.493 e. The standard InChI is InChI=1S/C23H32N2O3S/c1-3-20-19-7-15-29-23(19)6-8-25(20)17-18-4-5-21(22(16-18)26-2)28-14-11-24-9-12-27-13-10-24/h4-5,7,15-16,20H,3,6,8-14,17H2,1-2H3/t20-/m1/s1. The Balaban J connectivity index is 1.37. The maximum Gasteiger partial charge on any atom is 0.161 e. The highest BCUT2D eigenvalue weighted by Gasteiger charge is 2.27. The van der Waals surface area contributed by atoms with Crippen LogP contribution in [0.1, 0.15) is 35.4 Å². The summed E-state index contributed by atoms with van der Waals surface area (Å²) in [7, 11) is 1.72. The van der Waals surface area contributed by atoms with E-state index < -0.39 is 0 Å². The number of morpholine rings is 1. The predicted octanol–water partition coefficient (Wildman–Crippen LogP) is 3.98. The first kappa shape index (κ1) is 20.7. The molecule has 1 aromatic heterocycles. The van der Waals surface area contributed by atoms with Crippen molar-refractivity contribution in [2.24, 2.45) is 0 Å². The summed E-state index contributed by atoms with van der Waals surface area (Å²) >= 11 is 1.91. The van der Waals surface area contributed by atoms with Crippen LogP contribution in [-0.2, 0) is 17.7 Å². The zero-order valence-corrected chi connectivity index (χ0v) is 18.4. The second-order valence-corrected chi connectivity index (χ2v) is 8.73. The van der Waals surface area contributed by atoms with Crippen LogP contribution in [0, 0.1) is 0 Å². The molecule has 2 aromatic rings. The number of benzene rings is 1. The van der Waals surface area contributed by atoms with E-state index in [4.69, 9.17) is 14.2 Å². The summed E-state index contributed by atoms with van der Waals surface area (Å²) in [6, 6.07) is 9.21. The van der Waals surface area contributed by atoms with Crippen molar-refractivity contribution < 1.29 is 14.2 Å². The Morgan fingerprint density at radius 2 is 2.00 bits per heavy atom. The third-order valence-electron chi connectivity index (χ3n) is 5.97. The Morgan fingerprint density at radius 1 is 1.14 bits per heavy atom. The fraction of sp³-hybridized carbons (Fsp3) is 0.565. The van der Waals surface area contributed by atoms with E-state index in [-0.39, 0.29) is 0 Å². The summed E-state index contributed by atoms with van der Waals surface area (Å²) in [4.78, 5) is 6.54. The van der Waals surface area contributed by atoms with Gasteiger partial charge in [0.2, 0.25) is 0 Å². The molecule has 6 heteroatoms. The van der Waals surface area contributed by atoms with Crippen LogP contribution in [0.15, 0.2) is 29.6 Å². The van der Waals surface area contributed by atoms with Crippen LogP contribution in [0.5, 0.6) is 11.5 Å². The molecular weight excluding hydrogens is 384 g/mol. The van der Waals surface area contributed by atoms with Crippen LogP contribution in [0.3, 0.4) is 0 Å². The van der Waals surface area contributed by atoms with E-state index >= 15 is 0 Å². The number of hydrogen-bond donors (Lipinski definition) is 0. The van der Waals surface area contributed by atoms with Crippen LogP contribution >= 0.6 is 11.3 Å². The molecular formula is C23H32N2O3S. The molecule has 2 aliphatic heterocycles. The summed E-state index contributed by atoms with van der Waals surface area (Å²) in [6.07, 6.45) is 2.30. The van der Waals surface area contributed by atoms with Gasteiger partial charge in [0.15, 0.2) is 11.5 Å². The summed E-state index contributed by atoms with van der Waals surface area (Å²) in [5, 5.41) is 2.24. The van der Waals surface area contributed by atoms with Crippen LogP contribution in [0.2, 0.25) is 0 Å². The quantitative estimate of drug-likeness (QED) is 0.650. The maximum absolute atomic E-state index is 6.03. The highest BCUT2D eigenvalue weighted by atomic mass is 32.1. The SMILES string of the molecule is CC[C@@H]1c2ccsc2CCN1Cc1ccc(OCCN2CCOCC2)c(OC)c1. The molecule has 0 saturated carbocycles. The number of methoxy groups -OCH3 is 1. The molecule has 158 valence electrons. The molecule has 0 amide bonds. The van der Waals surface area contributed by atoms with E-state index in [1.807, 2.05) is 11.3 Å². The lowest BCUT2D eigenvalue weighted by Crippen LogP contribution is -2.38. The molecule has 1 atom stereocenters. The molecule has 1 aromatic carbocycles. The van der Waals surface area contributed by atoms with E-state index in [2.05, 4.69) is 46.4 Å². The lowest BCUT2D eigenvalue weighted by atomic mass is 9.97. The van der Waals surface area contributed by atoms with Crippen molar-refractivity contribution in [2.75, 3.05) is 53.1 Å². The molecule has 0 unspecified atom stereocenters. The van der Waals surface area contributed by atoms with Crippen molar-refractivity contribution in [1.29, 1.82) is 0 Å². The van der Waals surface area contributed by atoms with Gasteiger partial charge in [-0.3, -0.25) is 9.80 Å². The Bertz CT molecular complexity index is 788. The Labute approximate surface area is 178 Å². The molecule has 2 aliphatic rings. The van der Waals surface area contributed by atoms with Gasteiger partial charge in [-0.05, 0) is 47.5 Å². The zero-order chi connectivity index (χ0) is 20.1. The molecule has 0 radical (unpaired) electrons. The molecule has 1 saturated heterocycles. The number of thiophene rings is 1. The lowest BCUT2D eigenvalue weighted by Gasteiger charge is -2.35. The Morgan fingerprint density at radius 3 is 2.79 bits per heavy atom. The van der Waals surface area contributed by atoms with Gasteiger partial charge in [-0.25, -0.2) is 0 Å². The normalized spacial score (nSPS) is 20.4. The molecule has 3 heterocycles. The van der Waals surface area contributed by atoms with Gasteiger partial charge in [0.1, 0.15) is 6.61 Å². The molecule has 5 nitrogen and oxygen atoms in total. The van der Waals surface area contributed by atoms with E-state index in [0.717, 1.165) is 70.3 Å². The van der Waals surface area contributed by atoms with Gasteiger partial charge < -0.3 is 14.2 Å². The van der Waals surface area contributed by atoms with Crippen molar-refractivity contribution in [3.8, 4) is 11.5 Å². The Hall–Kier alpha value is -1.60. The van der Waals surface area contributed by atoms with Gasteiger partial charge >= 0.3 is 0 Å². The van der Waals surface area contributed by atoms with Crippen LogP contribution < -0.4 is 9.47 Å². The van der Waals surface area contributed by atoms with Crippen molar-refractivity contribution >= 4 is 11.3 Å². The molecule has 1 fully saturated rings. The molecule has 0 aliphatic carbocycles. The van der Waals surface area contributed by atoms with E-state index in [1.165, 1.54) is 11.1 Å². The van der Waals surface area contributed by atoms with Gasteiger partial charge in [-0.2, -0.15) is 0 Å². The minimum atomic E-state index is 0.514. The van der Waals surface area contributed by atoms with Crippen LogP contribution in [-0.4, -0.2) is 62.9 Å². The van der Waals surface area contributed by atoms with Gasteiger partial charge in [0, 0.05) is 43.6 Å². The number of nitrogens with zero attached hydrogens (tertiary/aromatic N) is 2. The van der Waals surface area contributed by atoms with Crippen molar-refractivity contribution in [3.63, 3.8) is 0 Å². The second kappa shape index (κ2) is 9.94. The first-order valence-corrected chi connectivity index (χ1v) is 11.6. The van der Waals surface area contributed by atoms with Gasteiger partial charge in [0.05, 0.1) is 20.3 Å². The smallest absolute Gasteiger partial charge is 0.161 e. The molecule has 0 N–H and O–H groups in total. The number of fused-ring (bicyclic) bond motifs is 1. The average molecular weight is 417 g/mol.